The number of nitrogens with one attached hydrogen (secondary N) is 1. The summed E-state index contributed by atoms with van der Waals surface area (Å²) in [5, 5.41) is 15.3. The maximum Gasteiger partial charge on any atom is 0.115 e. The maximum absolute atomic E-state index is 9.41. The Kier molecular flexibility index (Phi) is 3.30. The van der Waals surface area contributed by atoms with Gasteiger partial charge in [-0.1, -0.05) is 36.4 Å². The van der Waals surface area contributed by atoms with Gasteiger partial charge >= 0.3 is 0 Å². The van der Waals surface area contributed by atoms with Gasteiger partial charge in [0, 0.05) is 12.2 Å². The van der Waals surface area contributed by atoms with E-state index in [1.54, 1.807) is 12.1 Å². The molecule has 20 heavy (non-hydrogen) atoms. The molecule has 3 aromatic rings. The van der Waals surface area contributed by atoms with E-state index < -0.39 is 0 Å². The molecule has 0 fully saturated rings. The Morgan fingerprint density at radius 2 is 1.70 bits per heavy atom. The van der Waals surface area contributed by atoms with Gasteiger partial charge in [0.05, 0.1) is 0 Å². The molecular formula is C18H17NO. The quantitative estimate of drug-likeness (QED) is 0.683. The normalized spacial score (nSPS) is 10.7. The van der Waals surface area contributed by atoms with Gasteiger partial charge in [0.1, 0.15) is 5.75 Å². The first-order valence-corrected chi connectivity index (χ1v) is 6.73. The van der Waals surface area contributed by atoms with Crippen molar-refractivity contribution in [2.75, 3.05) is 5.32 Å². The van der Waals surface area contributed by atoms with Crippen molar-refractivity contribution in [1.82, 2.24) is 0 Å². The number of hydrogen-bond donors (Lipinski definition) is 2. The Morgan fingerprint density at radius 1 is 0.900 bits per heavy atom. The number of anilines is 1. The Morgan fingerprint density at radius 3 is 2.50 bits per heavy atom. The van der Waals surface area contributed by atoms with Gasteiger partial charge in [-0.25, -0.2) is 0 Å². The Balaban J connectivity index is 1.79. The van der Waals surface area contributed by atoms with Gasteiger partial charge in [0.25, 0.3) is 0 Å². The molecule has 2 heteroatoms. The molecule has 0 atom stereocenters. The van der Waals surface area contributed by atoms with Crippen LogP contribution < -0.4 is 5.32 Å². The first-order chi connectivity index (χ1) is 9.72. The summed E-state index contributed by atoms with van der Waals surface area (Å²) < 4.78 is 0. The SMILES string of the molecule is Cc1cc(O)ccc1NCc1ccc2ccccc2c1. The predicted molar refractivity (Wildman–Crippen MR) is 84.1 cm³/mol. The van der Waals surface area contributed by atoms with Crippen LogP contribution in [0.1, 0.15) is 11.1 Å². The van der Waals surface area contributed by atoms with Crippen LogP contribution in [-0.4, -0.2) is 5.11 Å². The fraction of sp³-hybridized carbons (Fsp3) is 0.111. The molecule has 0 bridgehead atoms. The highest BCUT2D eigenvalue weighted by Crippen LogP contribution is 2.21. The number of phenols is 1. The second-order valence-corrected chi connectivity index (χ2v) is 5.03. The summed E-state index contributed by atoms with van der Waals surface area (Å²) in [6.45, 7) is 2.76. The van der Waals surface area contributed by atoms with Gasteiger partial charge in [-0.15, -0.1) is 0 Å². The molecule has 100 valence electrons. The lowest BCUT2D eigenvalue weighted by atomic mass is 10.1. The minimum absolute atomic E-state index is 0.304. The molecule has 0 aromatic heterocycles. The van der Waals surface area contributed by atoms with Crippen molar-refractivity contribution in [2.24, 2.45) is 0 Å². The zero-order valence-corrected chi connectivity index (χ0v) is 11.4. The van der Waals surface area contributed by atoms with E-state index >= 15 is 0 Å². The van der Waals surface area contributed by atoms with Gasteiger partial charge in [0.15, 0.2) is 0 Å². The number of fused-ring (bicyclic) bond motifs is 1. The van der Waals surface area contributed by atoms with Gasteiger partial charge in [-0.2, -0.15) is 0 Å². The van der Waals surface area contributed by atoms with Crippen LogP contribution in [0.15, 0.2) is 60.7 Å². The molecule has 0 radical (unpaired) electrons. The van der Waals surface area contributed by atoms with Crippen LogP contribution in [0.5, 0.6) is 5.75 Å². The summed E-state index contributed by atoms with van der Waals surface area (Å²) in [5.41, 5.74) is 3.35. The third-order valence-corrected chi connectivity index (χ3v) is 3.51. The fourth-order valence-electron chi connectivity index (χ4n) is 2.39. The van der Waals surface area contributed by atoms with Gasteiger partial charge in [0.2, 0.25) is 0 Å². The molecule has 2 N–H and O–H groups in total. The Labute approximate surface area is 118 Å². The van der Waals surface area contributed by atoms with Crippen LogP contribution in [0.4, 0.5) is 5.69 Å². The molecule has 0 unspecified atom stereocenters. The number of rotatable bonds is 3. The minimum Gasteiger partial charge on any atom is -0.508 e. The van der Waals surface area contributed by atoms with E-state index in [0.717, 1.165) is 17.8 Å². The lowest BCUT2D eigenvalue weighted by Crippen LogP contribution is -2.00. The highest BCUT2D eigenvalue weighted by molar-refractivity contribution is 5.83. The molecule has 0 aliphatic heterocycles. The molecule has 2 nitrogen and oxygen atoms in total. The third kappa shape index (κ3) is 2.59. The van der Waals surface area contributed by atoms with E-state index in [9.17, 15) is 5.11 Å². The van der Waals surface area contributed by atoms with Crippen molar-refractivity contribution in [3.05, 3.63) is 71.8 Å². The second kappa shape index (κ2) is 5.25. The summed E-state index contributed by atoms with van der Waals surface area (Å²) >= 11 is 0. The Hall–Kier alpha value is -2.48. The highest BCUT2D eigenvalue weighted by atomic mass is 16.3. The summed E-state index contributed by atoms with van der Waals surface area (Å²) in [6, 6.07) is 20.2. The molecule has 3 aromatic carbocycles. The van der Waals surface area contributed by atoms with Crippen LogP contribution >= 0.6 is 0 Å². The molecule has 0 aliphatic rings. The summed E-state index contributed by atoms with van der Waals surface area (Å²) in [7, 11) is 0. The molecule has 0 saturated heterocycles. The second-order valence-electron chi connectivity index (χ2n) is 5.03. The van der Waals surface area contributed by atoms with Crippen molar-refractivity contribution in [3.63, 3.8) is 0 Å². The molecule has 0 heterocycles. The van der Waals surface area contributed by atoms with Crippen LogP contribution in [0.3, 0.4) is 0 Å². The van der Waals surface area contributed by atoms with E-state index in [0.29, 0.717) is 5.75 Å². The molecule has 3 rings (SSSR count). The first kappa shape index (κ1) is 12.5. The molecule has 0 saturated carbocycles. The van der Waals surface area contributed by atoms with E-state index in [-0.39, 0.29) is 0 Å². The van der Waals surface area contributed by atoms with Gasteiger partial charge in [-0.3, -0.25) is 0 Å². The predicted octanol–water partition coefficient (Wildman–Crippen LogP) is 4.47. The topological polar surface area (TPSA) is 32.3 Å². The largest absolute Gasteiger partial charge is 0.508 e. The molecule has 0 amide bonds. The monoisotopic (exact) mass is 263 g/mol. The molecule has 0 spiro atoms. The number of aryl methyl sites for hydroxylation is 1. The van der Waals surface area contributed by atoms with Crippen molar-refractivity contribution in [1.29, 1.82) is 0 Å². The number of hydrogen-bond acceptors (Lipinski definition) is 2. The Bertz CT molecular complexity index is 749. The van der Waals surface area contributed by atoms with E-state index in [1.807, 2.05) is 13.0 Å². The van der Waals surface area contributed by atoms with E-state index in [1.165, 1.54) is 16.3 Å². The summed E-state index contributed by atoms with van der Waals surface area (Å²) in [4.78, 5) is 0. The van der Waals surface area contributed by atoms with Gasteiger partial charge < -0.3 is 10.4 Å². The van der Waals surface area contributed by atoms with Crippen molar-refractivity contribution in [2.45, 2.75) is 13.5 Å². The van der Waals surface area contributed by atoms with Crippen molar-refractivity contribution >= 4 is 16.5 Å². The third-order valence-electron chi connectivity index (χ3n) is 3.51. The average molecular weight is 263 g/mol. The van der Waals surface area contributed by atoms with Crippen LogP contribution in [0.2, 0.25) is 0 Å². The highest BCUT2D eigenvalue weighted by Gasteiger charge is 2.00. The zero-order valence-electron chi connectivity index (χ0n) is 11.4. The summed E-state index contributed by atoms with van der Waals surface area (Å²) in [6.07, 6.45) is 0. The lowest BCUT2D eigenvalue weighted by Gasteiger charge is -2.10. The smallest absolute Gasteiger partial charge is 0.115 e. The fourth-order valence-corrected chi connectivity index (χ4v) is 2.39. The molecule has 0 aliphatic carbocycles. The standard InChI is InChI=1S/C18H17NO/c1-13-10-17(20)8-9-18(13)19-12-14-6-7-15-4-2-3-5-16(15)11-14/h2-11,19-20H,12H2,1H3. The van der Waals surface area contributed by atoms with Crippen molar-refractivity contribution in [3.8, 4) is 5.75 Å². The van der Waals surface area contributed by atoms with Crippen LogP contribution in [0, 0.1) is 6.92 Å². The first-order valence-electron chi connectivity index (χ1n) is 6.73. The average Bonchev–Trinajstić information content (AvgIpc) is 2.46. The van der Waals surface area contributed by atoms with Crippen molar-refractivity contribution < 1.29 is 5.11 Å². The van der Waals surface area contributed by atoms with Gasteiger partial charge in [-0.05, 0) is 53.1 Å². The lowest BCUT2D eigenvalue weighted by molar-refractivity contribution is 0.475. The van der Waals surface area contributed by atoms with E-state index in [2.05, 4.69) is 47.8 Å². The van der Waals surface area contributed by atoms with E-state index in [4.69, 9.17) is 0 Å². The zero-order chi connectivity index (χ0) is 13.9. The maximum atomic E-state index is 9.41. The van der Waals surface area contributed by atoms with Crippen LogP contribution in [0.25, 0.3) is 10.8 Å². The summed E-state index contributed by atoms with van der Waals surface area (Å²) in [5.74, 6) is 0.304. The number of benzene rings is 3. The van der Waals surface area contributed by atoms with Crippen LogP contribution in [-0.2, 0) is 6.54 Å². The molecular weight excluding hydrogens is 246 g/mol. The number of aromatic hydroxyl groups is 1. The number of phenolic OH excluding ortho intramolecular Hbond substituents is 1. The minimum atomic E-state index is 0.304.